The zero-order chi connectivity index (χ0) is 27.5. The fourth-order valence-corrected chi connectivity index (χ4v) is 7.32. The Morgan fingerprint density at radius 1 is 0.488 bits per heavy atom. The van der Waals surface area contributed by atoms with Crippen LogP contribution in [-0.4, -0.2) is 0 Å². The number of nitrogens with zero attached hydrogens (tertiary/aromatic N) is 1. The summed E-state index contributed by atoms with van der Waals surface area (Å²) in [7, 11) is 0. The molecule has 3 aromatic heterocycles. The van der Waals surface area contributed by atoms with Gasteiger partial charge in [-0.2, -0.15) is 4.40 Å². The van der Waals surface area contributed by atoms with E-state index >= 15 is 0 Å². The second kappa shape index (κ2) is 7.86. The van der Waals surface area contributed by atoms with Gasteiger partial charge in [-0.05, 0) is 50.0 Å². The van der Waals surface area contributed by atoms with Crippen molar-refractivity contribution in [2.24, 2.45) is 0 Å². The molecule has 1 heteroatoms. The predicted octanol–water partition coefficient (Wildman–Crippen LogP) is 10.5. The summed E-state index contributed by atoms with van der Waals surface area (Å²) in [5.41, 5.74) is 5.32. The molecular weight excluding hydrogens is 494 g/mol. The Morgan fingerprint density at radius 2 is 1.02 bits per heavy atom. The molecule has 0 amide bonds. The van der Waals surface area contributed by atoms with E-state index in [1.807, 2.05) is 0 Å². The van der Waals surface area contributed by atoms with Gasteiger partial charge in [0, 0.05) is 16.2 Å². The molecule has 0 saturated carbocycles. The molecule has 0 spiro atoms. The minimum absolute atomic E-state index is 0.0330. The summed E-state index contributed by atoms with van der Waals surface area (Å²) in [4.78, 5) is 0. The highest BCUT2D eigenvalue weighted by atomic mass is 14.9. The van der Waals surface area contributed by atoms with Crippen molar-refractivity contribution < 1.29 is 4.40 Å². The van der Waals surface area contributed by atoms with E-state index in [1.54, 1.807) is 0 Å². The maximum atomic E-state index is 2.62. The van der Waals surface area contributed by atoms with Gasteiger partial charge in [0.2, 0.25) is 5.52 Å². The average Bonchev–Trinajstić information content (AvgIpc) is 3.34. The maximum absolute atomic E-state index is 2.62. The van der Waals surface area contributed by atoms with Gasteiger partial charge in [-0.3, -0.25) is 0 Å². The third-order valence-corrected chi connectivity index (χ3v) is 9.22. The highest BCUT2D eigenvalue weighted by Gasteiger charge is 2.28. The van der Waals surface area contributed by atoms with Crippen LogP contribution in [0.2, 0.25) is 0 Å². The summed E-state index contributed by atoms with van der Waals surface area (Å²) in [6.07, 6.45) is 0. The smallest absolute Gasteiger partial charge is 0.190 e. The molecule has 41 heavy (non-hydrogen) atoms. The van der Waals surface area contributed by atoms with Crippen LogP contribution in [0.3, 0.4) is 0 Å². The molecule has 194 valence electrons. The van der Waals surface area contributed by atoms with Crippen molar-refractivity contribution in [1.29, 1.82) is 0 Å². The van der Waals surface area contributed by atoms with Crippen LogP contribution in [0.1, 0.15) is 26.3 Å². The number of hydrogen-bond donors (Lipinski definition) is 0. The van der Waals surface area contributed by atoms with E-state index in [9.17, 15) is 0 Å². The molecule has 0 bridgehead atoms. The first-order valence-corrected chi connectivity index (χ1v) is 14.5. The van der Waals surface area contributed by atoms with Crippen LogP contribution in [0, 0.1) is 0 Å². The minimum Gasteiger partial charge on any atom is -0.190 e. The Hall–Kier alpha value is -4.88. The molecule has 0 radical (unpaired) electrons. The van der Waals surface area contributed by atoms with E-state index in [0.717, 1.165) is 0 Å². The van der Waals surface area contributed by atoms with Crippen molar-refractivity contribution in [2.75, 3.05) is 0 Å². The van der Waals surface area contributed by atoms with Crippen molar-refractivity contribution in [3.8, 4) is 0 Å². The van der Waals surface area contributed by atoms with Gasteiger partial charge < -0.3 is 0 Å². The van der Waals surface area contributed by atoms with Gasteiger partial charge in [0.1, 0.15) is 0 Å². The molecule has 6 aromatic carbocycles. The number of hydrogen-bond acceptors (Lipinski definition) is 0. The molecule has 3 heterocycles. The summed E-state index contributed by atoms with van der Waals surface area (Å²) in [6.45, 7) is 6.97. The predicted molar refractivity (Wildman–Crippen MR) is 176 cm³/mol. The van der Waals surface area contributed by atoms with Crippen molar-refractivity contribution in [1.82, 2.24) is 0 Å². The lowest BCUT2D eigenvalue weighted by Gasteiger charge is -2.21. The third kappa shape index (κ3) is 2.96. The normalized spacial score (nSPS) is 12.8. The van der Waals surface area contributed by atoms with E-state index in [2.05, 4.69) is 146 Å². The zero-order valence-electron chi connectivity index (χ0n) is 23.5. The third-order valence-electron chi connectivity index (χ3n) is 9.22. The summed E-state index contributed by atoms with van der Waals surface area (Å²) < 4.78 is 2.62. The second-order valence-electron chi connectivity index (χ2n) is 12.6. The van der Waals surface area contributed by atoms with E-state index < -0.39 is 0 Å². The lowest BCUT2D eigenvalue weighted by Crippen LogP contribution is -2.24. The standard InChI is InChI=1S/C40H29N/c1-40(2,3)26-22-33-29-16-8-10-18-31(29)38-35-27-14-6-4-12-24(27)20-21-25-13-5-7-15-28(25)36(35)39-32-19-11-9-17-30(32)34(23-26)37(33)41(38)39/h4-23H,1-3H3. The fraction of sp³-hybridized carbons (Fsp3) is 0.100. The first-order valence-electron chi connectivity index (χ1n) is 14.5. The molecule has 0 aliphatic carbocycles. The molecule has 0 aliphatic rings. The van der Waals surface area contributed by atoms with Gasteiger partial charge in [-0.15, -0.1) is 6.07 Å². The highest BCUT2D eigenvalue weighted by Crippen LogP contribution is 2.44. The molecule has 0 fully saturated rings. The fourth-order valence-electron chi connectivity index (χ4n) is 7.32. The van der Waals surface area contributed by atoms with Gasteiger partial charge in [-0.1, -0.05) is 140 Å². The first kappa shape index (κ1) is 22.9. The lowest BCUT2D eigenvalue weighted by molar-refractivity contribution is -0.444. The Labute approximate surface area is 238 Å². The largest absolute Gasteiger partial charge is 0.220 e. The molecule has 9 aromatic rings. The van der Waals surface area contributed by atoms with Crippen LogP contribution in [-0.2, 0) is 5.41 Å². The molecule has 0 aliphatic heterocycles. The van der Waals surface area contributed by atoms with Crippen LogP contribution in [0.25, 0.3) is 81.2 Å². The zero-order valence-corrected chi connectivity index (χ0v) is 23.5. The van der Waals surface area contributed by atoms with E-state index in [-0.39, 0.29) is 5.41 Å². The second-order valence-corrected chi connectivity index (χ2v) is 12.6. The van der Waals surface area contributed by atoms with Gasteiger partial charge in [0.15, 0.2) is 11.0 Å². The topological polar surface area (TPSA) is 4.10 Å². The Bertz CT molecular complexity index is 2390. The summed E-state index contributed by atoms with van der Waals surface area (Å²) in [5, 5.41) is 15.6. The molecule has 1 nitrogen and oxygen atoms in total. The average molecular weight is 524 g/mol. The number of rotatable bonds is 0. The minimum atomic E-state index is 0.0330. The Kier molecular flexibility index (Phi) is 4.39. The number of aromatic nitrogens is 1. The molecular formula is C40H29N. The lowest BCUT2D eigenvalue weighted by atomic mass is 9.84. The summed E-state index contributed by atoms with van der Waals surface area (Å²) in [5.74, 6) is 0. The number of fused-ring (bicyclic) bond motifs is 13. The van der Waals surface area contributed by atoms with E-state index in [0.29, 0.717) is 0 Å². The van der Waals surface area contributed by atoms with Crippen LogP contribution < -0.4 is 4.40 Å². The molecule has 0 N–H and O–H groups in total. The van der Waals surface area contributed by atoms with Crippen molar-refractivity contribution in [3.63, 3.8) is 0 Å². The quantitative estimate of drug-likeness (QED) is 0.0806. The van der Waals surface area contributed by atoms with Crippen LogP contribution >= 0.6 is 0 Å². The molecule has 9 rings (SSSR count). The van der Waals surface area contributed by atoms with E-state index in [1.165, 1.54) is 86.7 Å². The van der Waals surface area contributed by atoms with Crippen molar-refractivity contribution >= 4 is 81.2 Å². The molecule has 0 atom stereocenters. The maximum Gasteiger partial charge on any atom is 0.220 e. The van der Waals surface area contributed by atoms with Crippen molar-refractivity contribution in [3.05, 3.63) is 127 Å². The van der Waals surface area contributed by atoms with Gasteiger partial charge in [0.25, 0.3) is 0 Å². The van der Waals surface area contributed by atoms with Gasteiger partial charge in [-0.25, -0.2) is 0 Å². The molecule has 0 saturated heterocycles. The Morgan fingerprint density at radius 3 is 1.73 bits per heavy atom. The van der Waals surface area contributed by atoms with E-state index in [4.69, 9.17) is 0 Å². The summed E-state index contributed by atoms with van der Waals surface area (Å²) in [6, 6.07) is 45.4. The Balaban J connectivity index is 1.79. The van der Waals surface area contributed by atoms with Crippen LogP contribution in [0.5, 0.6) is 0 Å². The van der Waals surface area contributed by atoms with Gasteiger partial charge >= 0.3 is 0 Å². The number of pyridine rings is 2. The molecule has 0 unspecified atom stereocenters. The monoisotopic (exact) mass is 523 g/mol. The van der Waals surface area contributed by atoms with Crippen molar-refractivity contribution in [2.45, 2.75) is 26.2 Å². The van der Waals surface area contributed by atoms with Crippen LogP contribution in [0.15, 0.2) is 121 Å². The van der Waals surface area contributed by atoms with Crippen LogP contribution in [0.4, 0.5) is 0 Å². The highest BCUT2D eigenvalue weighted by molar-refractivity contribution is 6.34. The number of benzene rings is 5. The summed E-state index contributed by atoms with van der Waals surface area (Å²) >= 11 is 0. The van der Waals surface area contributed by atoms with Gasteiger partial charge in [0.05, 0.1) is 5.39 Å². The SMILES string of the molecule is CC(C)(C)c1cc2c3ccccc3c3c4c5ccccc5ccc5ccccc5[c-]4c4c5ccccc5c(c1)c2[n+]34. The first-order chi connectivity index (χ1) is 20.0.